The summed E-state index contributed by atoms with van der Waals surface area (Å²) in [5.41, 5.74) is 0.821. The number of hydrogen-bond donors (Lipinski definition) is 2. The minimum absolute atomic E-state index is 0.0917. The quantitative estimate of drug-likeness (QED) is 0.846. The number of amides is 1. The van der Waals surface area contributed by atoms with Crippen LogP contribution in [-0.2, 0) is 27.8 Å². The second-order valence-corrected chi connectivity index (χ2v) is 7.04. The van der Waals surface area contributed by atoms with Crippen molar-refractivity contribution in [2.45, 2.75) is 17.2 Å². The van der Waals surface area contributed by atoms with Gasteiger partial charge in [-0.3, -0.25) is 9.78 Å². The van der Waals surface area contributed by atoms with E-state index in [0.29, 0.717) is 0 Å². The zero-order chi connectivity index (χ0) is 14.6. The van der Waals surface area contributed by atoms with Gasteiger partial charge < -0.3 is 5.32 Å². The lowest BCUT2D eigenvalue weighted by Crippen LogP contribution is -2.24. The van der Waals surface area contributed by atoms with Crippen molar-refractivity contribution >= 4 is 27.3 Å². The number of carbonyl (C=O) groups is 1. The summed E-state index contributed by atoms with van der Waals surface area (Å²) in [6.45, 7) is 0.277. The molecule has 2 heterocycles. The van der Waals surface area contributed by atoms with Crippen LogP contribution in [0.3, 0.4) is 0 Å². The number of thiophene rings is 1. The fraction of sp³-hybridized carbons (Fsp3) is 0.167. The third-order valence-corrected chi connectivity index (χ3v) is 4.99. The van der Waals surface area contributed by atoms with Crippen molar-refractivity contribution in [1.29, 1.82) is 0 Å². The maximum Gasteiger partial charge on any atom is 0.247 e. The van der Waals surface area contributed by atoms with Crippen LogP contribution in [0.4, 0.5) is 0 Å². The van der Waals surface area contributed by atoms with E-state index in [4.69, 9.17) is 5.14 Å². The fourth-order valence-electron chi connectivity index (χ4n) is 1.54. The van der Waals surface area contributed by atoms with Crippen LogP contribution in [0.25, 0.3) is 0 Å². The molecule has 0 aliphatic carbocycles. The highest BCUT2D eigenvalue weighted by molar-refractivity contribution is 7.91. The number of carbonyl (C=O) groups excluding carboxylic acids is 1. The first-order valence-electron chi connectivity index (χ1n) is 5.72. The van der Waals surface area contributed by atoms with Gasteiger partial charge in [-0.25, -0.2) is 13.6 Å². The molecule has 2 rings (SSSR count). The van der Waals surface area contributed by atoms with Crippen LogP contribution in [0.5, 0.6) is 0 Å². The van der Waals surface area contributed by atoms with Gasteiger partial charge in [-0.05, 0) is 23.8 Å². The number of hydrogen-bond acceptors (Lipinski definition) is 5. The van der Waals surface area contributed by atoms with Crippen molar-refractivity contribution in [2.24, 2.45) is 5.14 Å². The van der Waals surface area contributed by atoms with Gasteiger partial charge in [0.15, 0.2) is 0 Å². The summed E-state index contributed by atoms with van der Waals surface area (Å²) < 4.78 is 22.3. The summed E-state index contributed by atoms with van der Waals surface area (Å²) in [6, 6.07) is 6.65. The molecule has 0 aromatic carbocycles. The summed E-state index contributed by atoms with van der Waals surface area (Å²) in [7, 11) is -3.67. The molecule has 6 nitrogen and oxygen atoms in total. The summed E-state index contributed by atoms with van der Waals surface area (Å²) in [6.07, 6.45) is 3.51. The molecule has 3 N–H and O–H groups in total. The molecule has 2 aromatic rings. The lowest BCUT2D eigenvalue weighted by atomic mass is 10.2. The van der Waals surface area contributed by atoms with Crippen LogP contribution < -0.4 is 10.5 Å². The Morgan fingerprint density at radius 2 is 2.15 bits per heavy atom. The monoisotopic (exact) mass is 311 g/mol. The molecular formula is C12H13N3O3S2. The highest BCUT2D eigenvalue weighted by Gasteiger charge is 2.11. The molecule has 8 heteroatoms. The van der Waals surface area contributed by atoms with Crippen LogP contribution >= 0.6 is 11.3 Å². The first kappa shape index (κ1) is 14.6. The third kappa shape index (κ3) is 4.12. The average Bonchev–Trinajstić information content (AvgIpc) is 2.86. The Kier molecular flexibility index (Phi) is 4.48. The number of nitrogens with two attached hydrogens (primary N) is 1. The predicted molar refractivity (Wildman–Crippen MR) is 75.5 cm³/mol. The molecule has 1 amide bonds. The summed E-state index contributed by atoms with van der Waals surface area (Å²) in [4.78, 5) is 16.4. The molecule has 0 spiro atoms. The molecule has 0 aliphatic heterocycles. The van der Waals surface area contributed by atoms with E-state index in [-0.39, 0.29) is 23.1 Å². The van der Waals surface area contributed by atoms with Gasteiger partial charge >= 0.3 is 0 Å². The van der Waals surface area contributed by atoms with Crippen LogP contribution in [0.15, 0.2) is 40.9 Å². The first-order valence-corrected chi connectivity index (χ1v) is 8.08. The number of sulfonamides is 1. The van der Waals surface area contributed by atoms with Crippen molar-refractivity contribution in [3.05, 3.63) is 47.1 Å². The Morgan fingerprint density at radius 1 is 1.35 bits per heavy atom. The van der Waals surface area contributed by atoms with Gasteiger partial charge in [-0.1, -0.05) is 6.07 Å². The number of primary sulfonamides is 1. The van der Waals surface area contributed by atoms with E-state index in [1.54, 1.807) is 24.5 Å². The van der Waals surface area contributed by atoms with Crippen LogP contribution in [0.2, 0.25) is 0 Å². The average molecular weight is 311 g/mol. The highest BCUT2D eigenvalue weighted by Crippen LogP contribution is 2.19. The van der Waals surface area contributed by atoms with E-state index >= 15 is 0 Å². The Balaban J connectivity index is 1.89. The number of nitrogens with zero attached hydrogens (tertiary/aromatic N) is 1. The Bertz CT molecular complexity index is 696. The van der Waals surface area contributed by atoms with E-state index in [1.807, 2.05) is 6.07 Å². The predicted octanol–water partition coefficient (Wildman–Crippen LogP) is 0.649. The van der Waals surface area contributed by atoms with Crippen LogP contribution in [0.1, 0.15) is 10.4 Å². The molecular weight excluding hydrogens is 298 g/mol. The van der Waals surface area contributed by atoms with Gasteiger partial charge in [0.1, 0.15) is 4.21 Å². The molecule has 106 valence electrons. The zero-order valence-corrected chi connectivity index (χ0v) is 12.1. The molecule has 0 fully saturated rings. The molecule has 0 radical (unpaired) electrons. The molecule has 0 saturated carbocycles. The fourth-order valence-corrected chi connectivity index (χ4v) is 3.26. The maximum absolute atomic E-state index is 11.7. The molecule has 2 aromatic heterocycles. The Labute approximate surface area is 120 Å². The van der Waals surface area contributed by atoms with E-state index in [9.17, 15) is 13.2 Å². The van der Waals surface area contributed by atoms with Gasteiger partial charge in [0, 0.05) is 17.3 Å². The first-order chi connectivity index (χ1) is 9.45. The Morgan fingerprint density at radius 3 is 2.75 bits per heavy atom. The minimum atomic E-state index is -3.67. The lowest BCUT2D eigenvalue weighted by molar-refractivity contribution is -0.120. The standard InChI is InChI=1S/C12H13N3O3S2/c13-20(17,18)12-4-3-10(19-12)8-15-11(16)6-9-2-1-5-14-7-9/h1-5,7H,6,8H2,(H,15,16)(H2,13,17,18). The summed E-state index contributed by atoms with van der Waals surface area (Å²) in [5, 5.41) is 7.74. The van der Waals surface area contributed by atoms with Gasteiger partial charge in [-0.15, -0.1) is 11.3 Å². The smallest absolute Gasteiger partial charge is 0.247 e. The maximum atomic E-state index is 11.7. The largest absolute Gasteiger partial charge is 0.351 e. The number of pyridine rings is 1. The minimum Gasteiger partial charge on any atom is -0.351 e. The molecule has 0 bridgehead atoms. The number of aromatic nitrogens is 1. The van der Waals surface area contributed by atoms with E-state index in [0.717, 1.165) is 21.8 Å². The molecule has 0 saturated heterocycles. The highest BCUT2D eigenvalue weighted by atomic mass is 32.2. The van der Waals surface area contributed by atoms with Gasteiger partial charge in [0.05, 0.1) is 13.0 Å². The SMILES string of the molecule is NS(=O)(=O)c1ccc(CNC(=O)Cc2cccnc2)s1. The molecule has 0 atom stereocenters. The van der Waals surface area contributed by atoms with E-state index in [2.05, 4.69) is 10.3 Å². The second kappa shape index (κ2) is 6.12. The van der Waals surface area contributed by atoms with Crippen molar-refractivity contribution < 1.29 is 13.2 Å². The van der Waals surface area contributed by atoms with E-state index in [1.165, 1.54) is 6.07 Å². The molecule has 0 unspecified atom stereocenters. The van der Waals surface area contributed by atoms with Crippen molar-refractivity contribution in [1.82, 2.24) is 10.3 Å². The van der Waals surface area contributed by atoms with Gasteiger partial charge in [-0.2, -0.15) is 0 Å². The zero-order valence-electron chi connectivity index (χ0n) is 10.4. The lowest BCUT2D eigenvalue weighted by Gasteiger charge is -2.03. The third-order valence-electron chi connectivity index (χ3n) is 2.46. The Hall–Kier alpha value is -1.77. The normalized spacial score (nSPS) is 11.2. The second-order valence-electron chi connectivity index (χ2n) is 4.08. The van der Waals surface area contributed by atoms with Crippen molar-refractivity contribution in [3.8, 4) is 0 Å². The number of nitrogens with one attached hydrogen (secondary N) is 1. The molecule has 0 aliphatic rings. The topological polar surface area (TPSA) is 102 Å². The van der Waals surface area contributed by atoms with Crippen LogP contribution in [-0.4, -0.2) is 19.3 Å². The van der Waals surface area contributed by atoms with Gasteiger partial charge in [0.2, 0.25) is 15.9 Å². The van der Waals surface area contributed by atoms with Gasteiger partial charge in [0.25, 0.3) is 0 Å². The molecule has 20 heavy (non-hydrogen) atoms. The van der Waals surface area contributed by atoms with Crippen LogP contribution in [0, 0.1) is 0 Å². The number of rotatable bonds is 5. The van der Waals surface area contributed by atoms with Crippen molar-refractivity contribution in [2.75, 3.05) is 0 Å². The summed E-state index contributed by atoms with van der Waals surface area (Å²) in [5.74, 6) is -0.149. The summed E-state index contributed by atoms with van der Waals surface area (Å²) >= 11 is 1.05. The van der Waals surface area contributed by atoms with Crippen molar-refractivity contribution in [3.63, 3.8) is 0 Å². The van der Waals surface area contributed by atoms with E-state index < -0.39 is 10.0 Å².